The maximum absolute atomic E-state index is 12.4. The topological polar surface area (TPSA) is 96.9 Å². The number of carbonyl (C=O) groups excluding carboxylic acids is 1. The van der Waals surface area contributed by atoms with Crippen LogP contribution in [0.2, 0.25) is 5.02 Å². The molecule has 0 heterocycles. The molecule has 1 amide bonds. The molecule has 148 valence electrons. The highest BCUT2D eigenvalue weighted by atomic mass is 35.5. The monoisotopic (exact) mass is 422 g/mol. The van der Waals surface area contributed by atoms with Crippen molar-refractivity contribution in [2.45, 2.75) is 13.3 Å². The van der Waals surface area contributed by atoms with Crippen molar-refractivity contribution in [1.82, 2.24) is 5.32 Å². The number of rotatable bonds is 7. The largest absolute Gasteiger partial charge is 0.494 e. The number of hydrogen-bond donors (Lipinski definition) is 3. The Kier molecular flexibility index (Phi) is 7.60. The van der Waals surface area contributed by atoms with Gasteiger partial charge in [-0.05, 0) is 49.0 Å². The number of hydrogen-bond acceptors (Lipinski definition) is 5. The number of thiocarbonyl (C=S) groups is 1. The smallest absolute Gasteiger partial charge is 0.335 e. The number of aromatic carboxylic acids is 1. The molecular formula is C19H19ClN2O5S. The average Bonchev–Trinajstić information content (AvgIpc) is 2.66. The summed E-state index contributed by atoms with van der Waals surface area (Å²) < 4.78 is 10.7. The second kappa shape index (κ2) is 9.91. The molecule has 0 aliphatic rings. The Balaban J connectivity index is 2.14. The highest BCUT2D eigenvalue weighted by Crippen LogP contribution is 2.34. The van der Waals surface area contributed by atoms with E-state index in [1.807, 2.05) is 6.92 Å². The molecule has 0 spiro atoms. The number of amides is 1. The Hall–Kier alpha value is -2.84. The second-order valence-corrected chi connectivity index (χ2v) is 6.44. The third kappa shape index (κ3) is 5.58. The molecule has 0 radical (unpaired) electrons. The lowest BCUT2D eigenvalue weighted by molar-refractivity contribution is 0.0696. The third-order valence-corrected chi connectivity index (χ3v) is 4.02. The summed E-state index contributed by atoms with van der Waals surface area (Å²) >= 11 is 11.2. The van der Waals surface area contributed by atoms with E-state index in [0.717, 1.165) is 6.42 Å². The summed E-state index contributed by atoms with van der Waals surface area (Å²) in [6.45, 7) is 2.53. The fourth-order valence-electron chi connectivity index (χ4n) is 2.29. The summed E-state index contributed by atoms with van der Waals surface area (Å²) in [7, 11) is 1.39. The van der Waals surface area contributed by atoms with Gasteiger partial charge in [-0.15, -0.1) is 0 Å². The van der Waals surface area contributed by atoms with Gasteiger partial charge in [0.05, 0.1) is 30.0 Å². The molecule has 3 N–H and O–H groups in total. The Morgan fingerprint density at radius 2 is 1.96 bits per heavy atom. The lowest BCUT2D eigenvalue weighted by Crippen LogP contribution is -2.34. The minimum Gasteiger partial charge on any atom is -0.494 e. The number of carboxylic acids is 1. The van der Waals surface area contributed by atoms with Gasteiger partial charge in [-0.1, -0.05) is 24.6 Å². The number of methoxy groups -OCH3 is 1. The standard InChI is InChI=1S/C19H19ClN2O5S/c1-3-7-27-13-6-4-5-11(8-13)17(23)22-19(28)21-15-10-12(18(24)25)9-14(20)16(15)26-2/h4-6,8-10H,3,7H2,1-2H3,(H,24,25)(H2,21,22,23,28). The predicted octanol–water partition coefficient (Wildman–Crippen LogP) is 3.96. The lowest BCUT2D eigenvalue weighted by atomic mass is 10.2. The van der Waals surface area contributed by atoms with Gasteiger partial charge < -0.3 is 19.9 Å². The normalized spacial score (nSPS) is 10.1. The zero-order valence-electron chi connectivity index (χ0n) is 15.2. The van der Waals surface area contributed by atoms with Crippen LogP contribution in [0.1, 0.15) is 34.1 Å². The molecule has 0 aromatic heterocycles. The average molecular weight is 423 g/mol. The highest BCUT2D eigenvalue weighted by Gasteiger charge is 2.16. The summed E-state index contributed by atoms with van der Waals surface area (Å²) in [4.78, 5) is 23.6. The van der Waals surface area contributed by atoms with Crippen LogP contribution in [0.5, 0.6) is 11.5 Å². The first kappa shape index (κ1) is 21.5. The van der Waals surface area contributed by atoms with E-state index in [2.05, 4.69) is 10.6 Å². The van der Waals surface area contributed by atoms with E-state index < -0.39 is 11.9 Å². The molecular weight excluding hydrogens is 404 g/mol. The van der Waals surface area contributed by atoms with Gasteiger partial charge in [-0.3, -0.25) is 10.1 Å². The van der Waals surface area contributed by atoms with Crippen LogP contribution in [0.3, 0.4) is 0 Å². The van der Waals surface area contributed by atoms with Crippen LogP contribution in [-0.2, 0) is 0 Å². The Morgan fingerprint density at radius 3 is 2.61 bits per heavy atom. The first-order valence-electron chi connectivity index (χ1n) is 8.31. The molecule has 0 fully saturated rings. The maximum Gasteiger partial charge on any atom is 0.335 e. The van der Waals surface area contributed by atoms with Crippen molar-refractivity contribution in [1.29, 1.82) is 0 Å². The number of halogens is 1. The van der Waals surface area contributed by atoms with E-state index in [-0.39, 0.29) is 27.1 Å². The summed E-state index contributed by atoms with van der Waals surface area (Å²) in [5, 5.41) is 14.5. The Labute approximate surface area is 172 Å². The molecule has 0 aliphatic carbocycles. The van der Waals surface area contributed by atoms with Crippen molar-refractivity contribution >= 4 is 46.5 Å². The lowest BCUT2D eigenvalue weighted by Gasteiger charge is -2.15. The molecule has 0 saturated heterocycles. The quantitative estimate of drug-likeness (QED) is 0.581. The zero-order chi connectivity index (χ0) is 20.7. The molecule has 7 nitrogen and oxygen atoms in total. The summed E-state index contributed by atoms with van der Waals surface area (Å²) in [6.07, 6.45) is 0.851. The van der Waals surface area contributed by atoms with Crippen LogP contribution in [0, 0.1) is 0 Å². The molecule has 2 aromatic rings. The van der Waals surface area contributed by atoms with Gasteiger partial charge in [0.2, 0.25) is 0 Å². The van der Waals surface area contributed by atoms with Crippen molar-refractivity contribution in [3.8, 4) is 11.5 Å². The van der Waals surface area contributed by atoms with Crippen LogP contribution < -0.4 is 20.1 Å². The molecule has 2 rings (SSSR count). The fourth-order valence-corrected chi connectivity index (χ4v) is 2.79. The number of anilines is 1. The number of carboxylic acid groups (broad SMARTS) is 1. The van der Waals surface area contributed by atoms with Gasteiger partial charge in [0.25, 0.3) is 5.91 Å². The molecule has 0 saturated carbocycles. The van der Waals surface area contributed by atoms with Crippen molar-refractivity contribution in [3.05, 3.63) is 52.5 Å². The Bertz CT molecular complexity index is 904. The van der Waals surface area contributed by atoms with Crippen LogP contribution in [0.25, 0.3) is 0 Å². The van der Waals surface area contributed by atoms with Crippen LogP contribution >= 0.6 is 23.8 Å². The molecule has 0 bridgehead atoms. The van der Waals surface area contributed by atoms with E-state index in [1.54, 1.807) is 24.3 Å². The van der Waals surface area contributed by atoms with E-state index >= 15 is 0 Å². The Morgan fingerprint density at radius 1 is 1.21 bits per heavy atom. The van der Waals surface area contributed by atoms with Gasteiger partial charge in [0.15, 0.2) is 10.9 Å². The summed E-state index contributed by atoms with van der Waals surface area (Å²) in [5.41, 5.74) is 0.531. The number of benzene rings is 2. The minimum atomic E-state index is -1.16. The number of carbonyl (C=O) groups is 2. The minimum absolute atomic E-state index is 0.0400. The molecule has 9 heteroatoms. The fraction of sp³-hybridized carbons (Fsp3) is 0.211. The van der Waals surface area contributed by atoms with Gasteiger partial charge >= 0.3 is 5.97 Å². The molecule has 2 aromatic carbocycles. The van der Waals surface area contributed by atoms with Gasteiger partial charge in [0.1, 0.15) is 5.75 Å². The van der Waals surface area contributed by atoms with Crippen molar-refractivity contribution in [2.75, 3.05) is 19.0 Å². The predicted molar refractivity (Wildman–Crippen MR) is 111 cm³/mol. The maximum atomic E-state index is 12.4. The van der Waals surface area contributed by atoms with Crippen molar-refractivity contribution < 1.29 is 24.2 Å². The zero-order valence-corrected chi connectivity index (χ0v) is 16.8. The van der Waals surface area contributed by atoms with E-state index in [0.29, 0.717) is 17.9 Å². The number of nitrogens with one attached hydrogen (secondary N) is 2. The van der Waals surface area contributed by atoms with Crippen LogP contribution in [0.15, 0.2) is 36.4 Å². The molecule has 0 unspecified atom stereocenters. The van der Waals surface area contributed by atoms with Crippen molar-refractivity contribution in [3.63, 3.8) is 0 Å². The van der Waals surface area contributed by atoms with Crippen LogP contribution in [-0.4, -0.2) is 35.8 Å². The summed E-state index contributed by atoms with van der Waals surface area (Å²) in [6, 6.07) is 9.26. The van der Waals surface area contributed by atoms with Gasteiger partial charge in [0, 0.05) is 5.56 Å². The second-order valence-electron chi connectivity index (χ2n) is 5.63. The van der Waals surface area contributed by atoms with Crippen molar-refractivity contribution in [2.24, 2.45) is 0 Å². The van der Waals surface area contributed by atoms with Gasteiger partial charge in [-0.25, -0.2) is 4.79 Å². The van der Waals surface area contributed by atoms with E-state index in [1.165, 1.54) is 19.2 Å². The van der Waals surface area contributed by atoms with E-state index in [9.17, 15) is 14.7 Å². The van der Waals surface area contributed by atoms with E-state index in [4.69, 9.17) is 33.3 Å². The first-order chi connectivity index (χ1) is 13.3. The third-order valence-electron chi connectivity index (χ3n) is 3.54. The SMILES string of the molecule is CCCOc1cccc(C(=O)NC(=S)Nc2cc(C(=O)O)cc(Cl)c2OC)c1. The van der Waals surface area contributed by atoms with Crippen LogP contribution in [0.4, 0.5) is 5.69 Å². The van der Waals surface area contributed by atoms with Gasteiger partial charge in [-0.2, -0.15) is 0 Å². The first-order valence-corrected chi connectivity index (χ1v) is 9.10. The molecule has 0 atom stereocenters. The molecule has 28 heavy (non-hydrogen) atoms. The molecule has 0 aliphatic heterocycles. The summed E-state index contributed by atoms with van der Waals surface area (Å²) in [5.74, 6) is -0.820. The number of ether oxygens (including phenoxy) is 2. The highest BCUT2D eigenvalue weighted by molar-refractivity contribution is 7.80.